The fourth-order valence-corrected chi connectivity index (χ4v) is 1.46. The fourth-order valence-electron chi connectivity index (χ4n) is 1.46. The molecule has 5 nitrogen and oxygen atoms in total. The summed E-state index contributed by atoms with van der Waals surface area (Å²) < 4.78 is 0. The summed E-state index contributed by atoms with van der Waals surface area (Å²) in [5.41, 5.74) is 4.68. The molecular weight excluding hydrogens is 206 g/mol. The lowest BCUT2D eigenvalue weighted by atomic mass is 10.0. The number of hydrogen-bond donors (Lipinski definition) is 3. The summed E-state index contributed by atoms with van der Waals surface area (Å²) in [6.07, 6.45) is 2.67. The Morgan fingerprint density at radius 2 is 2.00 bits per heavy atom. The summed E-state index contributed by atoms with van der Waals surface area (Å²) >= 11 is 0. The third-order valence-electron chi connectivity index (χ3n) is 2.63. The van der Waals surface area contributed by atoms with E-state index in [2.05, 4.69) is 10.6 Å². The number of nitrogens with one attached hydrogen (secondary N) is 2. The van der Waals surface area contributed by atoms with E-state index in [0.717, 1.165) is 6.54 Å². The Bertz CT molecular complexity index is 272. The Morgan fingerprint density at radius 1 is 1.38 bits per heavy atom. The molecule has 1 saturated carbocycles. The van der Waals surface area contributed by atoms with Crippen molar-refractivity contribution in [2.75, 3.05) is 13.1 Å². The number of amides is 2. The lowest BCUT2D eigenvalue weighted by molar-refractivity contribution is -0.122. The first kappa shape index (κ1) is 13.0. The Hall–Kier alpha value is -1.10. The van der Waals surface area contributed by atoms with Gasteiger partial charge in [0.1, 0.15) is 0 Å². The number of carbonyl (C=O) groups excluding carboxylic acids is 2. The van der Waals surface area contributed by atoms with Crippen LogP contribution in [0.1, 0.15) is 33.1 Å². The van der Waals surface area contributed by atoms with Crippen LogP contribution in [0, 0.1) is 5.92 Å². The van der Waals surface area contributed by atoms with E-state index in [4.69, 9.17) is 5.73 Å². The van der Waals surface area contributed by atoms with Crippen molar-refractivity contribution in [2.24, 2.45) is 11.7 Å². The first-order valence-corrected chi connectivity index (χ1v) is 5.69. The second-order valence-corrected chi connectivity index (χ2v) is 5.13. The summed E-state index contributed by atoms with van der Waals surface area (Å²) in [6.45, 7) is 4.71. The fraction of sp³-hybridized carbons (Fsp3) is 0.818. The minimum Gasteiger partial charge on any atom is -0.370 e. The molecule has 16 heavy (non-hydrogen) atoms. The van der Waals surface area contributed by atoms with Gasteiger partial charge in [0.15, 0.2) is 0 Å². The standard InChI is InChI=1S/C11H21N3O2/c1-11(2,5-9(12)15)14-7-10(16)13-6-8-3-4-8/h8,14H,3-7H2,1-2H3,(H2,12,15)(H,13,16). The van der Waals surface area contributed by atoms with Gasteiger partial charge in [0.2, 0.25) is 11.8 Å². The van der Waals surface area contributed by atoms with Crippen LogP contribution in [0.5, 0.6) is 0 Å². The first-order chi connectivity index (χ1) is 7.39. The summed E-state index contributed by atoms with van der Waals surface area (Å²) in [7, 11) is 0. The third-order valence-corrected chi connectivity index (χ3v) is 2.63. The van der Waals surface area contributed by atoms with Gasteiger partial charge >= 0.3 is 0 Å². The van der Waals surface area contributed by atoms with E-state index in [0.29, 0.717) is 5.92 Å². The maximum Gasteiger partial charge on any atom is 0.233 e. The third kappa shape index (κ3) is 5.70. The number of carbonyl (C=O) groups is 2. The van der Waals surface area contributed by atoms with E-state index in [-0.39, 0.29) is 24.8 Å². The van der Waals surface area contributed by atoms with E-state index in [9.17, 15) is 9.59 Å². The Kier molecular flexibility index (Phi) is 4.29. The molecule has 0 unspecified atom stereocenters. The molecule has 1 aliphatic rings. The van der Waals surface area contributed by atoms with Crippen molar-refractivity contribution in [3.05, 3.63) is 0 Å². The molecule has 0 radical (unpaired) electrons. The van der Waals surface area contributed by atoms with Gasteiger partial charge in [0.05, 0.1) is 6.54 Å². The number of rotatable bonds is 7. The predicted octanol–water partition coefficient (Wildman–Crippen LogP) is -0.244. The van der Waals surface area contributed by atoms with Gasteiger partial charge in [-0.15, -0.1) is 0 Å². The van der Waals surface area contributed by atoms with Crippen LogP contribution in [0.15, 0.2) is 0 Å². The van der Waals surface area contributed by atoms with Crippen LogP contribution in [0.25, 0.3) is 0 Å². The maximum absolute atomic E-state index is 11.4. The lowest BCUT2D eigenvalue weighted by Crippen LogP contribution is -2.47. The van der Waals surface area contributed by atoms with Crippen LogP contribution in [-0.2, 0) is 9.59 Å². The molecule has 0 saturated heterocycles. The smallest absolute Gasteiger partial charge is 0.233 e. The second-order valence-electron chi connectivity index (χ2n) is 5.13. The zero-order chi connectivity index (χ0) is 12.2. The highest BCUT2D eigenvalue weighted by molar-refractivity contribution is 5.78. The number of primary amides is 1. The average molecular weight is 227 g/mol. The van der Waals surface area contributed by atoms with Crippen molar-refractivity contribution in [1.29, 1.82) is 0 Å². The summed E-state index contributed by atoms with van der Waals surface area (Å²) in [5, 5.41) is 5.87. The van der Waals surface area contributed by atoms with Gasteiger partial charge < -0.3 is 16.4 Å². The summed E-state index contributed by atoms with van der Waals surface area (Å²) in [4.78, 5) is 22.2. The van der Waals surface area contributed by atoms with Crippen LogP contribution in [0.4, 0.5) is 0 Å². The van der Waals surface area contributed by atoms with Crippen molar-refractivity contribution >= 4 is 11.8 Å². The van der Waals surface area contributed by atoms with Crippen LogP contribution >= 0.6 is 0 Å². The highest BCUT2D eigenvalue weighted by atomic mass is 16.2. The van der Waals surface area contributed by atoms with E-state index >= 15 is 0 Å². The number of hydrogen-bond acceptors (Lipinski definition) is 3. The molecule has 0 aromatic heterocycles. The van der Waals surface area contributed by atoms with E-state index in [1.54, 1.807) is 0 Å². The van der Waals surface area contributed by atoms with E-state index in [1.165, 1.54) is 12.8 Å². The molecule has 4 N–H and O–H groups in total. The van der Waals surface area contributed by atoms with Crippen molar-refractivity contribution in [3.63, 3.8) is 0 Å². The molecule has 0 aromatic carbocycles. The van der Waals surface area contributed by atoms with Gasteiger partial charge in [-0.25, -0.2) is 0 Å². The molecule has 1 rings (SSSR count). The molecular formula is C11H21N3O2. The molecule has 0 aliphatic heterocycles. The molecule has 1 aliphatic carbocycles. The SMILES string of the molecule is CC(C)(CC(N)=O)NCC(=O)NCC1CC1. The zero-order valence-electron chi connectivity index (χ0n) is 10.0. The van der Waals surface area contributed by atoms with Crippen molar-refractivity contribution in [2.45, 2.75) is 38.6 Å². The van der Waals surface area contributed by atoms with E-state index < -0.39 is 5.54 Å². The Morgan fingerprint density at radius 3 is 2.50 bits per heavy atom. The molecule has 0 atom stereocenters. The maximum atomic E-state index is 11.4. The van der Waals surface area contributed by atoms with Crippen LogP contribution in [0.2, 0.25) is 0 Å². The van der Waals surface area contributed by atoms with Crippen molar-refractivity contribution in [3.8, 4) is 0 Å². The van der Waals surface area contributed by atoms with Crippen LogP contribution < -0.4 is 16.4 Å². The minimum absolute atomic E-state index is 0.0237. The minimum atomic E-state index is -0.428. The molecule has 0 spiro atoms. The first-order valence-electron chi connectivity index (χ1n) is 5.69. The van der Waals surface area contributed by atoms with Gasteiger partial charge in [-0.2, -0.15) is 0 Å². The highest BCUT2D eigenvalue weighted by Gasteiger charge is 2.23. The molecule has 0 aromatic rings. The molecule has 0 heterocycles. The van der Waals surface area contributed by atoms with Gasteiger partial charge in [-0.3, -0.25) is 9.59 Å². The van der Waals surface area contributed by atoms with Crippen molar-refractivity contribution < 1.29 is 9.59 Å². The molecule has 0 bridgehead atoms. The second kappa shape index (κ2) is 5.30. The molecule has 1 fully saturated rings. The molecule has 92 valence electrons. The monoisotopic (exact) mass is 227 g/mol. The van der Waals surface area contributed by atoms with Gasteiger partial charge in [-0.1, -0.05) is 0 Å². The lowest BCUT2D eigenvalue weighted by Gasteiger charge is -2.24. The highest BCUT2D eigenvalue weighted by Crippen LogP contribution is 2.27. The molecule has 2 amide bonds. The molecule has 5 heteroatoms. The summed E-state index contributed by atoms with van der Waals surface area (Å²) in [5.74, 6) is 0.294. The topological polar surface area (TPSA) is 84.2 Å². The predicted molar refractivity (Wildman–Crippen MR) is 61.6 cm³/mol. The number of nitrogens with two attached hydrogens (primary N) is 1. The zero-order valence-corrected chi connectivity index (χ0v) is 10.0. The normalized spacial score (nSPS) is 15.9. The Labute approximate surface area is 96.1 Å². The van der Waals surface area contributed by atoms with Crippen LogP contribution in [0.3, 0.4) is 0 Å². The Balaban J connectivity index is 2.15. The van der Waals surface area contributed by atoms with Gasteiger partial charge in [0.25, 0.3) is 0 Å². The largest absolute Gasteiger partial charge is 0.370 e. The van der Waals surface area contributed by atoms with Crippen molar-refractivity contribution in [1.82, 2.24) is 10.6 Å². The van der Waals surface area contributed by atoms with Crippen LogP contribution in [-0.4, -0.2) is 30.4 Å². The average Bonchev–Trinajstić information content (AvgIpc) is 2.93. The van der Waals surface area contributed by atoms with Gasteiger partial charge in [-0.05, 0) is 32.6 Å². The summed E-state index contributed by atoms with van der Waals surface area (Å²) in [6, 6.07) is 0. The quantitative estimate of drug-likeness (QED) is 0.561. The van der Waals surface area contributed by atoms with Gasteiger partial charge in [0, 0.05) is 18.5 Å². The van der Waals surface area contributed by atoms with E-state index in [1.807, 2.05) is 13.8 Å².